The van der Waals surface area contributed by atoms with E-state index in [0.717, 1.165) is 71.3 Å². The Morgan fingerprint density at radius 1 is 0.333 bits per heavy atom. The Bertz CT molecular complexity index is 1560. The highest BCUT2D eigenvalue weighted by Crippen LogP contribution is 2.42. The minimum Gasteiger partial charge on any atom is -0.252 e. The van der Waals surface area contributed by atoms with Crippen LogP contribution in [-0.2, 0) is 25.7 Å². The zero-order chi connectivity index (χ0) is 23.4. The first kappa shape index (κ1) is 18.8. The molecule has 8 bridgehead atoms. The van der Waals surface area contributed by atoms with E-state index in [0.29, 0.717) is 0 Å². The molecule has 0 amide bonds. The molecule has 4 heteroatoms. The molecule has 0 saturated heterocycles. The second-order valence-electron chi connectivity index (χ2n) is 10.2. The van der Waals surface area contributed by atoms with E-state index in [1.54, 1.807) is 0 Å². The van der Waals surface area contributed by atoms with E-state index < -0.39 is 0 Å². The molecule has 0 spiro atoms. The second kappa shape index (κ2) is 6.61. The van der Waals surface area contributed by atoms with Gasteiger partial charge < -0.3 is 0 Å². The van der Waals surface area contributed by atoms with Crippen molar-refractivity contribution in [2.45, 2.75) is 25.7 Å². The maximum atomic E-state index is 5.14. The standard InChI is InChI=1S/C32H20N4/c1-5-17-21-13-30(33-25(21)9-1)18-6-2-11-27-23(18)15-32(35-27)20-8-4-12-28-24(20)16-31(36-28)19-7-3-10-26-22(19)14-29(17)34-26/h1-12H,13-16H2. The van der Waals surface area contributed by atoms with Gasteiger partial charge in [-0.1, -0.05) is 48.5 Å². The molecule has 4 heterocycles. The van der Waals surface area contributed by atoms with Crippen LogP contribution in [0.3, 0.4) is 0 Å². The lowest BCUT2D eigenvalue weighted by atomic mass is 9.89. The van der Waals surface area contributed by atoms with Crippen molar-refractivity contribution in [2.75, 3.05) is 0 Å². The summed E-state index contributed by atoms with van der Waals surface area (Å²) in [6.07, 6.45) is 3.31. The van der Waals surface area contributed by atoms with Crippen molar-refractivity contribution in [3.05, 3.63) is 117 Å². The van der Waals surface area contributed by atoms with Gasteiger partial charge in [-0.05, 0) is 46.5 Å². The minimum atomic E-state index is 0.826. The zero-order valence-electron chi connectivity index (χ0n) is 19.5. The van der Waals surface area contributed by atoms with Crippen molar-refractivity contribution in [3.8, 4) is 0 Å². The fourth-order valence-electron chi connectivity index (χ4n) is 6.57. The second-order valence-corrected chi connectivity index (χ2v) is 10.2. The average Bonchev–Trinajstić information content (AvgIpc) is 3.69. The van der Waals surface area contributed by atoms with Crippen LogP contribution in [0.25, 0.3) is 0 Å². The van der Waals surface area contributed by atoms with Crippen LogP contribution in [0.15, 0.2) is 92.8 Å². The number of aliphatic imine (C=N–C) groups is 4. The van der Waals surface area contributed by atoms with Gasteiger partial charge in [0.05, 0.1) is 45.6 Å². The molecule has 0 atom stereocenters. The molecule has 4 aliphatic heterocycles. The predicted molar refractivity (Wildman–Crippen MR) is 145 cm³/mol. The normalized spacial score (nSPS) is 17.1. The van der Waals surface area contributed by atoms with E-state index >= 15 is 0 Å². The van der Waals surface area contributed by atoms with Gasteiger partial charge in [0.2, 0.25) is 0 Å². The molecular formula is C32H20N4. The average molecular weight is 461 g/mol. The molecule has 4 aromatic carbocycles. The molecule has 36 heavy (non-hydrogen) atoms. The highest BCUT2D eigenvalue weighted by molar-refractivity contribution is 6.19. The van der Waals surface area contributed by atoms with Gasteiger partial charge in [0.15, 0.2) is 0 Å². The van der Waals surface area contributed by atoms with E-state index in [9.17, 15) is 0 Å². The SMILES string of the molecule is c1cc2c3c(c1)C1=Nc4cccc(c4C1)C1=Nc4cccc(c4C1)C1=Nc4cccc(c4C1)C(=N2)C3. The summed E-state index contributed by atoms with van der Waals surface area (Å²) in [6, 6.07) is 25.9. The first-order chi connectivity index (χ1) is 17.8. The smallest absolute Gasteiger partial charge is 0.0675 e. The fraction of sp³-hybridized carbons (Fsp3) is 0.125. The molecule has 4 nitrogen and oxygen atoms in total. The minimum absolute atomic E-state index is 0.826. The molecule has 1 aliphatic carbocycles. The molecule has 0 saturated carbocycles. The van der Waals surface area contributed by atoms with E-state index in [1.807, 2.05) is 0 Å². The van der Waals surface area contributed by atoms with Gasteiger partial charge in [-0.2, -0.15) is 0 Å². The van der Waals surface area contributed by atoms with Crippen molar-refractivity contribution < 1.29 is 0 Å². The predicted octanol–water partition coefficient (Wildman–Crippen LogP) is 6.71. The monoisotopic (exact) mass is 460 g/mol. The van der Waals surface area contributed by atoms with Crippen LogP contribution in [0.2, 0.25) is 0 Å². The molecule has 168 valence electrons. The molecule has 5 aliphatic rings. The number of fused-ring (bicyclic) bond motifs is 8. The largest absolute Gasteiger partial charge is 0.252 e. The molecular weight excluding hydrogens is 440 g/mol. The van der Waals surface area contributed by atoms with Crippen molar-refractivity contribution in [2.24, 2.45) is 20.0 Å². The van der Waals surface area contributed by atoms with E-state index in [4.69, 9.17) is 20.0 Å². The van der Waals surface area contributed by atoms with Gasteiger partial charge in [0.1, 0.15) is 0 Å². The third-order valence-corrected chi connectivity index (χ3v) is 8.25. The number of nitrogens with zero attached hydrogens (tertiary/aromatic N) is 4. The number of hydrogen-bond acceptors (Lipinski definition) is 4. The van der Waals surface area contributed by atoms with Gasteiger partial charge in [-0.15, -0.1) is 0 Å². The lowest BCUT2D eigenvalue weighted by Crippen LogP contribution is -2.12. The first-order valence-corrected chi connectivity index (χ1v) is 12.6. The number of hydrogen-bond donors (Lipinski definition) is 0. The topological polar surface area (TPSA) is 49.4 Å². The number of benzene rings is 4. The quantitative estimate of drug-likeness (QED) is 0.280. The Hall–Kier alpha value is -4.44. The van der Waals surface area contributed by atoms with E-state index in [-0.39, 0.29) is 0 Å². The molecule has 4 aromatic rings. The summed E-state index contributed by atoms with van der Waals surface area (Å²) in [4.78, 5) is 20.6. The van der Waals surface area contributed by atoms with Crippen molar-refractivity contribution in [1.29, 1.82) is 0 Å². The van der Waals surface area contributed by atoms with Crippen LogP contribution in [0.5, 0.6) is 0 Å². The van der Waals surface area contributed by atoms with Crippen molar-refractivity contribution in [3.63, 3.8) is 0 Å². The maximum Gasteiger partial charge on any atom is 0.0675 e. The molecule has 0 aromatic heterocycles. The van der Waals surface area contributed by atoms with Gasteiger partial charge >= 0.3 is 0 Å². The highest BCUT2D eigenvalue weighted by Gasteiger charge is 2.31. The third-order valence-electron chi connectivity index (χ3n) is 8.25. The lowest BCUT2D eigenvalue weighted by Gasteiger charge is -2.11. The van der Waals surface area contributed by atoms with Crippen LogP contribution in [0.4, 0.5) is 22.7 Å². The Morgan fingerprint density at radius 3 is 0.833 bits per heavy atom. The summed E-state index contributed by atoms with van der Waals surface area (Å²) in [7, 11) is 0. The molecule has 0 fully saturated rings. The first-order valence-electron chi connectivity index (χ1n) is 12.6. The summed E-state index contributed by atoms with van der Waals surface area (Å²) in [6.45, 7) is 0. The maximum absolute atomic E-state index is 5.14. The van der Waals surface area contributed by atoms with Crippen molar-refractivity contribution in [1.82, 2.24) is 0 Å². The summed E-state index contributed by atoms with van der Waals surface area (Å²) >= 11 is 0. The van der Waals surface area contributed by atoms with Crippen LogP contribution in [0, 0.1) is 0 Å². The zero-order valence-corrected chi connectivity index (χ0v) is 19.5. The van der Waals surface area contributed by atoms with Crippen LogP contribution in [-0.4, -0.2) is 22.8 Å². The molecule has 9 rings (SSSR count). The number of rotatable bonds is 0. The van der Waals surface area contributed by atoms with Gasteiger partial charge in [0.25, 0.3) is 0 Å². The van der Waals surface area contributed by atoms with Crippen molar-refractivity contribution >= 4 is 45.6 Å². The molecule has 0 radical (unpaired) electrons. The van der Waals surface area contributed by atoms with E-state index in [2.05, 4.69) is 72.8 Å². The summed E-state index contributed by atoms with van der Waals surface area (Å²) in [5.74, 6) is 0. The highest BCUT2D eigenvalue weighted by atomic mass is 14.8. The molecule has 0 N–H and O–H groups in total. The Labute approximate surface area is 208 Å². The lowest BCUT2D eigenvalue weighted by molar-refractivity contribution is 1.29. The van der Waals surface area contributed by atoms with Crippen LogP contribution in [0.1, 0.15) is 44.5 Å². The summed E-state index contributed by atoms with van der Waals surface area (Å²) in [5.41, 5.74) is 18.9. The van der Waals surface area contributed by atoms with Gasteiger partial charge in [-0.25, -0.2) is 0 Å². The Kier molecular flexibility index (Phi) is 3.46. The third kappa shape index (κ3) is 2.43. The molecule has 0 unspecified atom stereocenters. The van der Waals surface area contributed by atoms with Gasteiger partial charge in [0, 0.05) is 47.9 Å². The fourth-order valence-corrected chi connectivity index (χ4v) is 6.57. The summed E-state index contributed by atoms with van der Waals surface area (Å²) in [5, 5.41) is 0. The Balaban J connectivity index is 1.31. The van der Waals surface area contributed by atoms with Gasteiger partial charge in [-0.3, -0.25) is 20.0 Å². The summed E-state index contributed by atoms with van der Waals surface area (Å²) < 4.78 is 0. The van der Waals surface area contributed by atoms with Crippen LogP contribution >= 0.6 is 0 Å². The van der Waals surface area contributed by atoms with Crippen LogP contribution < -0.4 is 0 Å². The Morgan fingerprint density at radius 2 is 0.583 bits per heavy atom. The van der Waals surface area contributed by atoms with E-state index in [1.165, 1.54) is 44.5 Å².